The van der Waals surface area contributed by atoms with Crippen LogP contribution < -0.4 is 0 Å². The fraction of sp³-hybridized carbons (Fsp3) is 0.222. The predicted octanol–water partition coefficient (Wildman–Crippen LogP) is 4.02. The standard InChI is InChI=1S/C9H7Br2ClO/c10-6-1-2-8(11)7(5-6)9(13)3-4-12/h1-2,5H,3-4H2. The number of carbonyl (C=O) groups excluding carboxylic acids is 1. The van der Waals surface area contributed by atoms with Crippen LogP contribution in [-0.2, 0) is 0 Å². The van der Waals surface area contributed by atoms with Crippen LogP contribution in [0.3, 0.4) is 0 Å². The van der Waals surface area contributed by atoms with E-state index in [2.05, 4.69) is 31.9 Å². The van der Waals surface area contributed by atoms with Gasteiger partial charge in [-0.15, -0.1) is 11.6 Å². The van der Waals surface area contributed by atoms with E-state index in [1.807, 2.05) is 12.1 Å². The third-order valence-electron chi connectivity index (χ3n) is 1.55. The van der Waals surface area contributed by atoms with Gasteiger partial charge in [0.1, 0.15) is 0 Å². The van der Waals surface area contributed by atoms with Gasteiger partial charge in [-0.2, -0.15) is 0 Å². The third kappa shape index (κ3) is 3.08. The van der Waals surface area contributed by atoms with Crippen molar-refractivity contribution in [3.63, 3.8) is 0 Å². The minimum Gasteiger partial charge on any atom is -0.294 e. The van der Waals surface area contributed by atoms with Gasteiger partial charge in [0, 0.05) is 26.8 Å². The molecule has 70 valence electrons. The summed E-state index contributed by atoms with van der Waals surface area (Å²) in [7, 11) is 0. The molecular weight excluding hydrogens is 319 g/mol. The number of rotatable bonds is 3. The van der Waals surface area contributed by atoms with Crippen LogP contribution in [-0.4, -0.2) is 11.7 Å². The van der Waals surface area contributed by atoms with Crippen LogP contribution >= 0.6 is 43.5 Å². The maximum Gasteiger partial charge on any atom is 0.165 e. The summed E-state index contributed by atoms with van der Waals surface area (Å²) in [6.07, 6.45) is 0.372. The van der Waals surface area contributed by atoms with Crippen molar-refractivity contribution in [2.75, 3.05) is 5.88 Å². The van der Waals surface area contributed by atoms with Crippen LogP contribution in [0, 0.1) is 0 Å². The molecule has 1 aromatic carbocycles. The van der Waals surface area contributed by atoms with Crippen molar-refractivity contribution >= 4 is 49.2 Å². The summed E-state index contributed by atoms with van der Waals surface area (Å²) in [5.74, 6) is 0.417. The van der Waals surface area contributed by atoms with Gasteiger partial charge in [0.15, 0.2) is 5.78 Å². The highest BCUT2D eigenvalue weighted by Crippen LogP contribution is 2.22. The Morgan fingerprint density at radius 2 is 2.08 bits per heavy atom. The minimum atomic E-state index is 0.0585. The van der Waals surface area contributed by atoms with Crippen LogP contribution in [0.5, 0.6) is 0 Å². The molecule has 0 aliphatic heterocycles. The Balaban J connectivity index is 2.99. The molecular formula is C9H7Br2ClO. The monoisotopic (exact) mass is 324 g/mol. The summed E-state index contributed by atoms with van der Waals surface area (Å²) < 4.78 is 1.71. The lowest BCUT2D eigenvalue weighted by atomic mass is 10.1. The predicted molar refractivity (Wildman–Crippen MR) is 61.5 cm³/mol. The summed E-state index contributed by atoms with van der Waals surface area (Å²) in [5, 5.41) is 0. The SMILES string of the molecule is O=C(CCCl)c1cc(Br)ccc1Br. The van der Waals surface area contributed by atoms with E-state index in [-0.39, 0.29) is 5.78 Å². The Bertz CT molecular complexity index is 325. The van der Waals surface area contributed by atoms with Crippen LogP contribution in [0.25, 0.3) is 0 Å². The second-order valence-electron chi connectivity index (χ2n) is 2.49. The van der Waals surface area contributed by atoms with Crippen molar-refractivity contribution in [3.05, 3.63) is 32.7 Å². The van der Waals surface area contributed by atoms with E-state index < -0.39 is 0 Å². The molecule has 4 heteroatoms. The zero-order chi connectivity index (χ0) is 9.84. The number of hydrogen-bond donors (Lipinski definition) is 0. The molecule has 0 bridgehead atoms. The van der Waals surface area contributed by atoms with Gasteiger partial charge in [0.05, 0.1) is 0 Å². The van der Waals surface area contributed by atoms with E-state index in [0.29, 0.717) is 17.9 Å². The van der Waals surface area contributed by atoms with Gasteiger partial charge in [-0.05, 0) is 18.2 Å². The van der Waals surface area contributed by atoms with Crippen LogP contribution in [0.15, 0.2) is 27.1 Å². The van der Waals surface area contributed by atoms with E-state index in [9.17, 15) is 4.79 Å². The first-order valence-electron chi connectivity index (χ1n) is 3.69. The number of carbonyl (C=O) groups is 1. The Hall–Kier alpha value is 0.140. The molecule has 0 saturated carbocycles. The summed E-state index contributed by atoms with van der Waals surface area (Å²) >= 11 is 12.1. The van der Waals surface area contributed by atoms with Crippen LogP contribution in [0.4, 0.5) is 0 Å². The molecule has 1 aromatic rings. The number of halogens is 3. The zero-order valence-corrected chi connectivity index (χ0v) is 10.6. The molecule has 0 spiro atoms. The number of Topliss-reactive ketones (excluding diaryl/α,β-unsaturated/α-hetero) is 1. The first-order chi connectivity index (χ1) is 6.15. The highest BCUT2D eigenvalue weighted by atomic mass is 79.9. The molecule has 0 N–H and O–H groups in total. The second-order valence-corrected chi connectivity index (χ2v) is 4.63. The topological polar surface area (TPSA) is 17.1 Å². The lowest BCUT2D eigenvalue weighted by Crippen LogP contribution is -2.00. The van der Waals surface area contributed by atoms with E-state index in [1.165, 1.54) is 0 Å². The largest absolute Gasteiger partial charge is 0.294 e. The molecule has 0 unspecified atom stereocenters. The van der Waals surface area contributed by atoms with Crippen LogP contribution in [0.2, 0.25) is 0 Å². The third-order valence-corrected chi connectivity index (χ3v) is 2.92. The summed E-state index contributed by atoms with van der Waals surface area (Å²) in [4.78, 5) is 11.5. The summed E-state index contributed by atoms with van der Waals surface area (Å²) in [6, 6.07) is 5.51. The van der Waals surface area contributed by atoms with Crippen molar-refractivity contribution in [1.82, 2.24) is 0 Å². The van der Waals surface area contributed by atoms with Gasteiger partial charge in [0.2, 0.25) is 0 Å². The number of alkyl halides is 1. The Morgan fingerprint density at radius 1 is 1.38 bits per heavy atom. The van der Waals surface area contributed by atoms with Gasteiger partial charge in [-0.3, -0.25) is 4.79 Å². The van der Waals surface area contributed by atoms with Gasteiger partial charge in [0.25, 0.3) is 0 Å². The number of ketones is 1. The fourth-order valence-corrected chi connectivity index (χ4v) is 1.93. The lowest BCUT2D eigenvalue weighted by molar-refractivity contribution is 0.0988. The van der Waals surface area contributed by atoms with Gasteiger partial charge in [-0.25, -0.2) is 0 Å². The normalized spacial score (nSPS) is 10.1. The molecule has 0 atom stereocenters. The molecule has 0 heterocycles. The molecule has 13 heavy (non-hydrogen) atoms. The zero-order valence-electron chi connectivity index (χ0n) is 6.69. The van der Waals surface area contributed by atoms with Gasteiger partial charge >= 0.3 is 0 Å². The highest BCUT2D eigenvalue weighted by Gasteiger charge is 2.09. The van der Waals surface area contributed by atoms with Gasteiger partial charge in [-0.1, -0.05) is 31.9 Å². The second kappa shape index (κ2) is 5.13. The van der Waals surface area contributed by atoms with Crippen LogP contribution in [0.1, 0.15) is 16.8 Å². The molecule has 1 rings (SSSR count). The van der Waals surface area contributed by atoms with E-state index >= 15 is 0 Å². The molecule has 1 nitrogen and oxygen atoms in total. The highest BCUT2D eigenvalue weighted by molar-refractivity contribution is 9.11. The van der Waals surface area contributed by atoms with E-state index in [0.717, 1.165) is 8.95 Å². The molecule has 0 fully saturated rings. The summed E-state index contributed by atoms with van der Waals surface area (Å²) in [5.41, 5.74) is 0.676. The Kier molecular flexibility index (Phi) is 4.42. The fourth-order valence-electron chi connectivity index (χ4n) is 0.932. The number of hydrogen-bond acceptors (Lipinski definition) is 1. The smallest absolute Gasteiger partial charge is 0.165 e. The first-order valence-corrected chi connectivity index (χ1v) is 5.81. The quantitative estimate of drug-likeness (QED) is 0.605. The van der Waals surface area contributed by atoms with E-state index in [1.54, 1.807) is 6.07 Å². The molecule has 0 aliphatic rings. The molecule has 0 saturated heterocycles. The maximum absolute atomic E-state index is 11.5. The molecule has 0 aromatic heterocycles. The van der Waals surface area contributed by atoms with Crippen molar-refractivity contribution in [2.45, 2.75) is 6.42 Å². The van der Waals surface area contributed by atoms with E-state index in [4.69, 9.17) is 11.6 Å². The molecule has 0 aliphatic carbocycles. The first kappa shape index (κ1) is 11.2. The van der Waals surface area contributed by atoms with Gasteiger partial charge < -0.3 is 0 Å². The average molecular weight is 326 g/mol. The Labute approximate surface area is 98.7 Å². The lowest BCUT2D eigenvalue weighted by Gasteiger charge is -2.02. The molecule has 0 amide bonds. The van der Waals surface area contributed by atoms with Crippen molar-refractivity contribution in [1.29, 1.82) is 0 Å². The van der Waals surface area contributed by atoms with Crippen molar-refractivity contribution in [2.24, 2.45) is 0 Å². The Morgan fingerprint density at radius 3 is 2.69 bits per heavy atom. The molecule has 0 radical (unpaired) electrons. The maximum atomic E-state index is 11.5. The minimum absolute atomic E-state index is 0.0585. The van der Waals surface area contributed by atoms with Crippen molar-refractivity contribution in [3.8, 4) is 0 Å². The van der Waals surface area contributed by atoms with Crippen molar-refractivity contribution < 1.29 is 4.79 Å². The average Bonchev–Trinajstić information content (AvgIpc) is 2.09. The number of benzene rings is 1. The summed E-state index contributed by atoms with van der Waals surface area (Å²) in [6.45, 7) is 0.